The Balaban J connectivity index is 2.31. The number of rotatable bonds is 7. The van der Waals surface area contributed by atoms with Crippen LogP contribution in [-0.2, 0) is 14.3 Å². The number of primary amides is 1. The Morgan fingerprint density at radius 1 is 1.44 bits per heavy atom. The van der Waals surface area contributed by atoms with Crippen LogP contribution >= 0.6 is 12.2 Å². The molecule has 0 atom stereocenters. The van der Waals surface area contributed by atoms with Gasteiger partial charge in [0.1, 0.15) is 6.61 Å². The first-order valence-corrected chi connectivity index (χ1v) is 6.23. The lowest BCUT2D eigenvalue weighted by Gasteiger charge is -2.44. The zero-order valence-electron chi connectivity index (χ0n) is 10.4. The van der Waals surface area contributed by atoms with Gasteiger partial charge in [-0.05, 0) is 18.8 Å². The van der Waals surface area contributed by atoms with Crippen molar-refractivity contribution in [1.29, 1.82) is 0 Å². The average molecular weight is 273 g/mol. The van der Waals surface area contributed by atoms with Crippen LogP contribution in [0.2, 0.25) is 0 Å². The highest BCUT2D eigenvalue weighted by atomic mass is 32.1. The summed E-state index contributed by atoms with van der Waals surface area (Å²) in [5.74, 6) is -0.229. The molecule has 0 aliphatic heterocycles. The number of carbonyl (C=O) groups excluding carboxylic acids is 2. The molecule has 6 nitrogen and oxygen atoms in total. The topological polar surface area (TPSA) is 107 Å². The van der Waals surface area contributed by atoms with Crippen LogP contribution < -0.4 is 16.8 Å². The van der Waals surface area contributed by atoms with E-state index in [1.165, 1.54) is 0 Å². The van der Waals surface area contributed by atoms with Crippen molar-refractivity contribution in [1.82, 2.24) is 5.32 Å². The first-order chi connectivity index (χ1) is 8.38. The molecule has 1 fully saturated rings. The summed E-state index contributed by atoms with van der Waals surface area (Å²) in [6, 6.07) is 0. The van der Waals surface area contributed by atoms with Crippen molar-refractivity contribution in [2.75, 3.05) is 19.8 Å². The standard InChI is InChI=1S/C11H19N3O3S/c1-7-4-11(5-7,9(13)18)10(16)14-2-3-17-6-8(12)15/h7H,2-6H2,1H3,(H2,12,15)(H2,13,18)(H,14,16). The van der Waals surface area contributed by atoms with Crippen molar-refractivity contribution in [3.05, 3.63) is 0 Å². The van der Waals surface area contributed by atoms with Gasteiger partial charge in [-0.15, -0.1) is 0 Å². The second kappa shape index (κ2) is 6.10. The summed E-state index contributed by atoms with van der Waals surface area (Å²) in [7, 11) is 0. The summed E-state index contributed by atoms with van der Waals surface area (Å²) in [6.07, 6.45) is 1.38. The van der Waals surface area contributed by atoms with Crippen LogP contribution in [0.4, 0.5) is 0 Å². The van der Waals surface area contributed by atoms with E-state index in [9.17, 15) is 9.59 Å². The van der Waals surface area contributed by atoms with E-state index < -0.39 is 11.3 Å². The maximum atomic E-state index is 12.0. The molecule has 1 rings (SSSR count). The molecule has 1 aliphatic rings. The van der Waals surface area contributed by atoms with Gasteiger partial charge in [0.2, 0.25) is 11.8 Å². The Labute approximate surface area is 111 Å². The van der Waals surface area contributed by atoms with E-state index in [0.717, 1.165) is 0 Å². The van der Waals surface area contributed by atoms with Crippen LogP contribution in [-0.4, -0.2) is 36.6 Å². The maximum absolute atomic E-state index is 12.0. The smallest absolute Gasteiger partial charge is 0.243 e. The molecule has 0 heterocycles. The molecule has 7 heteroatoms. The normalized spacial score (nSPS) is 26.2. The molecule has 0 aromatic rings. The fourth-order valence-corrected chi connectivity index (χ4v) is 2.47. The van der Waals surface area contributed by atoms with Gasteiger partial charge in [0.05, 0.1) is 17.0 Å². The van der Waals surface area contributed by atoms with Gasteiger partial charge >= 0.3 is 0 Å². The summed E-state index contributed by atoms with van der Waals surface area (Å²) in [5, 5.41) is 2.72. The van der Waals surface area contributed by atoms with Crippen molar-refractivity contribution in [3.8, 4) is 0 Å². The summed E-state index contributed by atoms with van der Waals surface area (Å²) in [4.78, 5) is 22.7. The number of nitrogens with two attached hydrogens (primary N) is 2. The highest BCUT2D eigenvalue weighted by Crippen LogP contribution is 2.45. The predicted octanol–water partition coefficient (Wildman–Crippen LogP) is -0.693. The number of hydrogen-bond donors (Lipinski definition) is 3. The maximum Gasteiger partial charge on any atom is 0.243 e. The largest absolute Gasteiger partial charge is 0.392 e. The van der Waals surface area contributed by atoms with Crippen molar-refractivity contribution >= 4 is 29.0 Å². The third-order valence-electron chi connectivity index (χ3n) is 3.08. The summed E-state index contributed by atoms with van der Waals surface area (Å²) >= 11 is 4.97. The minimum Gasteiger partial charge on any atom is -0.392 e. The van der Waals surface area contributed by atoms with Crippen LogP contribution in [0.25, 0.3) is 0 Å². The van der Waals surface area contributed by atoms with Gasteiger partial charge in [-0.25, -0.2) is 0 Å². The Bertz CT molecular complexity index is 353. The zero-order valence-corrected chi connectivity index (χ0v) is 11.2. The highest BCUT2D eigenvalue weighted by molar-refractivity contribution is 7.80. The molecule has 0 aromatic carbocycles. The molecule has 102 valence electrons. The Hall–Kier alpha value is -1.21. The number of amides is 2. The van der Waals surface area contributed by atoms with Crippen molar-refractivity contribution in [2.45, 2.75) is 19.8 Å². The molecule has 1 saturated carbocycles. The predicted molar refractivity (Wildman–Crippen MR) is 70.6 cm³/mol. The van der Waals surface area contributed by atoms with E-state index >= 15 is 0 Å². The Kier molecular flexibility index (Phi) is 5.03. The fraction of sp³-hybridized carbons (Fsp3) is 0.727. The lowest BCUT2D eigenvalue weighted by Crippen LogP contribution is -2.56. The van der Waals surface area contributed by atoms with Crippen LogP contribution in [0.3, 0.4) is 0 Å². The Morgan fingerprint density at radius 2 is 2.06 bits per heavy atom. The minimum absolute atomic E-state index is 0.145. The fourth-order valence-electron chi connectivity index (χ4n) is 2.21. The molecular weight excluding hydrogens is 254 g/mol. The van der Waals surface area contributed by atoms with Crippen molar-refractivity contribution in [2.24, 2.45) is 22.8 Å². The van der Waals surface area contributed by atoms with Crippen LogP contribution in [0, 0.1) is 11.3 Å². The quantitative estimate of drug-likeness (QED) is 0.420. The molecule has 0 saturated heterocycles. The number of ether oxygens (including phenoxy) is 1. The zero-order chi connectivity index (χ0) is 13.8. The van der Waals surface area contributed by atoms with Gasteiger partial charge in [0, 0.05) is 6.54 Å². The van der Waals surface area contributed by atoms with Crippen LogP contribution in [0.1, 0.15) is 19.8 Å². The SMILES string of the molecule is CC1CC(C(=O)NCCOCC(N)=O)(C(N)=S)C1. The monoisotopic (exact) mass is 273 g/mol. The van der Waals surface area contributed by atoms with Crippen molar-refractivity contribution < 1.29 is 14.3 Å². The third-order valence-corrected chi connectivity index (χ3v) is 3.47. The average Bonchev–Trinajstić information content (AvgIpc) is 2.22. The van der Waals surface area contributed by atoms with Gasteiger partial charge < -0.3 is 21.5 Å². The molecule has 0 radical (unpaired) electrons. The first kappa shape index (κ1) is 14.8. The van der Waals surface area contributed by atoms with E-state index in [-0.39, 0.29) is 24.1 Å². The summed E-state index contributed by atoms with van der Waals surface area (Å²) in [5.41, 5.74) is 9.85. The number of nitrogens with one attached hydrogen (secondary N) is 1. The molecule has 5 N–H and O–H groups in total. The highest BCUT2D eigenvalue weighted by Gasteiger charge is 2.50. The molecule has 1 aliphatic carbocycles. The molecule has 2 amide bonds. The number of carbonyl (C=O) groups is 2. The first-order valence-electron chi connectivity index (χ1n) is 5.83. The van der Waals surface area contributed by atoms with E-state index in [4.69, 9.17) is 28.4 Å². The van der Waals surface area contributed by atoms with Gasteiger partial charge in [-0.1, -0.05) is 19.1 Å². The molecule has 0 unspecified atom stereocenters. The second-order valence-electron chi connectivity index (χ2n) is 4.73. The van der Waals surface area contributed by atoms with Gasteiger partial charge in [-0.3, -0.25) is 9.59 Å². The van der Waals surface area contributed by atoms with Gasteiger partial charge in [0.25, 0.3) is 0 Å². The van der Waals surface area contributed by atoms with E-state index in [1.807, 2.05) is 0 Å². The van der Waals surface area contributed by atoms with Gasteiger partial charge in [-0.2, -0.15) is 0 Å². The van der Waals surface area contributed by atoms with Crippen LogP contribution in [0.15, 0.2) is 0 Å². The summed E-state index contributed by atoms with van der Waals surface area (Å²) in [6.45, 7) is 2.45. The lowest BCUT2D eigenvalue weighted by molar-refractivity contribution is -0.133. The molecular formula is C11H19N3O3S. The number of thiocarbonyl (C=S) groups is 1. The molecule has 0 aromatic heterocycles. The third kappa shape index (κ3) is 3.39. The van der Waals surface area contributed by atoms with Crippen molar-refractivity contribution in [3.63, 3.8) is 0 Å². The summed E-state index contributed by atoms with van der Waals surface area (Å²) < 4.78 is 4.94. The second-order valence-corrected chi connectivity index (χ2v) is 5.17. The van der Waals surface area contributed by atoms with Crippen LogP contribution in [0.5, 0.6) is 0 Å². The molecule has 0 spiro atoms. The van der Waals surface area contributed by atoms with E-state index in [1.54, 1.807) is 0 Å². The van der Waals surface area contributed by atoms with E-state index in [2.05, 4.69) is 12.2 Å². The van der Waals surface area contributed by atoms with E-state index in [0.29, 0.717) is 25.3 Å². The number of hydrogen-bond acceptors (Lipinski definition) is 4. The Morgan fingerprint density at radius 3 is 2.50 bits per heavy atom. The minimum atomic E-state index is -0.696. The molecule has 18 heavy (non-hydrogen) atoms. The molecule has 0 bridgehead atoms. The van der Waals surface area contributed by atoms with Gasteiger partial charge in [0.15, 0.2) is 0 Å². The lowest BCUT2D eigenvalue weighted by atomic mass is 9.62.